The fourth-order valence-corrected chi connectivity index (χ4v) is 4.57. The average molecular weight is 493 g/mol. The number of carboxylic acid groups (broad SMARTS) is 1. The third-order valence-electron chi connectivity index (χ3n) is 6.63. The summed E-state index contributed by atoms with van der Waals surface area (Å²) in [7, 11) is 0. The van der Waals surface area contributed by atoms with Gasteiger partial charge in [0, 0.05) is 24.1 Å². The lowest BCUT2D eigenvalue weighted by molar-refractivity contribution is -0.131. The van der Waals surface area contributed by atoms with E-state index < -0.39 is 5.97 Å². The maximum absolute atomic E-state index is 10.9. The van der Waals surface area contributed by atoms with Gasteiger partial charge in [0.25, 0.3) is 0 Å². The van der Waals surface area contributed by atoms with Crippen LogP contribution in [-0.2, 0) is 4.79 Å². The van der Waals surface area contributed by atoms with Crippen LogP contribution in [-0.4, -0.2) is 35.5 Å². The number of hydrogen-bond acceptors (Lipinski definition) is 4. The fourth-order valence-electron chi connectivity index (χ4n) is 4.57. The van der Waals surface area contributed by atoms with E-state index in [-0.39, 0.29) is 6.61 Å². The Hall–Kier alpha value is -4.22. The lowest BCUT2D eigenvalue weighted by atomic mass is 9.73. The molecule has 0 radical (unpaired) electrons. The molecule has 0 bridgehead atoms. The highest BCUT2D eigenvalue weighted by molar-refractivity contribution is 6.10. The minimum Gasteiger partial charge on any atom is -0.478 e. The van der Waals surface area contributed by atoms with Gasteiger partial charge in [-0.25, -0.2) is 4.79 Å². The van der Waals surface area contributed by atoms with Gasteiger partial charge in [0.05, 0.1) is 13.2 Å². The molecule has 188 valence electrons. The Balaban J connectivity index is 1.82. The number of aliphatic hydroxyl groups is 1. The molecule has 0 aliphatic heterocycles. The van der Waals surface area contributed by atoms with Crippen molar-refractivity contribution in [3.05, 3.63) is 119 Å². The summed E-state index contributed by atoms with van der Waals surface area (Å²) in [6.07, 6.45) is 9.52. The molecule has 0 atom stereocenters. The highest BCUT2D eigenvalue weighted by atomic mass is 16.4. The number of nitrogens with zero attached hydrogens (tertiary/aromatic N) is 1. The second kappa shape index (κ2) is 12.7. The minimum atomic E-state index is -0.964. The smallest absolute Gasteiger partial charge is 0.328 e. The molecule has 4 N–H and O–H groups in total. The third kappa shape index (κ3) is 6.51. The van der Waals surface area contributed by atoms with Crippen LogP contribution in [0.25, 0.3) is 22.8 Å². The molecule has 4 rings (SSSR count). The number of carbonyl (C=O) groups is 1. The van der Waals surface area contributed by atoms with Crippen LogP contribution >= 0.6 is 0 Å². The molecule has 0 saturated heterocycles. The lowest BCUT2D eigenvalue weighted by Gasteiger charge is -2.31. The zero-order valence-electron chi connectivity index (χ0n) is 20.8. The second-order valence-electron chi connectivity index (χ2n) is 9.03. The number of benzene rings is 3. The minimum absolute atomic E-state index is 0.00420. The topological polar surface area (TPSA) is 95.9 Å². The lowest BCUT2D eigenvalue weighted by Crippen LogP contribution is -2.15. The highest BCUT2D eigenvalue weighted by Gasteiger charge is 2.27. The molecule has 0 amide bonds. The van der Waals surface area contributed by atoms with Gasteiger partial charge in [0.1, 0.15) is 0 Å². The van der Waals surface area contributed by atoms with Crippen LogP contribution in [0.15, 0.2) is 96.1 Å². The Morgan fingerprint density at radius 1 is 0.892 bits per heavy atom. The monoisotopic (exact) mass is 492 g/mol. The van der Waals surface area contributed by atoms with E-state index in [1.54, 1.807) is 12.3 Å². The molecule has 3 aromatic rings. The quantitative estimate of drug-likeness (QED) is 0.186. The Morgan fingerprint density at radius 3 is 2.05 bits per heavy atom. The predicted octanol–water partition coefficient (Wildman–Crippen LogP) is 5.91. The van der Waals surface area contributed by atoms with Crippen molar-refractivity contribution in [3.8, 4) is 0 Å². The van der Waals surface area contributed by atoms with Gasteiger partial charge in [0.2, 0.25) is 0 Å². The van der Waals surface area contributed by atoms with Crippen molar-refractivity contribution in [2.24, 2.45) is 16.6 Å². The van der Waals surface area contributed by atoms with Gasteiger partial charge < -0.3 is 15.9 Å². The molecule has 0 aromatic heterocycles. The van der Waals surface area contributed by atoms with E-state index in [4.69, 9.17) is 15.9 Å². The molecule has 0 spiro atoms. The first-order chi connectivity index (χ1) is 18.1. The van der Waals surface area contributed by atoms with Gasteiger partial charge in [-0.3, -0.25) is 4.99 Å². The predicted molar refractivity (Wildman–Crippen MR) is 152 cm³/mol. The summed E-state index contributed by atoms with van der Waals surface area (Å²) in [5.41, 5.74) is 14.4. The normalized spacial score (nSPS) is 15.1. The standard InChI is InChI=1S/C32H32N2O3/c33-21-29(22-34-19-20-35)24-14-16-28(17-15-24)32(27-12-9-23(10-13-27)11-18-30(36)37)31(26-7-4-8-26)25-5-2-1-3-6-25/h1-3,5-6,9-18,21-22,26,35H,4,7-8,19-20,33H2,(H,36,37)/b18-11+,29-21?,32-31-,34-22?. The maximum Gasteiger partial charge on any atom is 0.328 e. The molecule has 0 unspecified atom stereocenters. The van der Waals surface area contributed by atoms with Crippen LogP contribution in [0.4, 0.5) is 0 Å². The molecule has 5 nitrogen and oxygen atoms in total. The summed E-state index contributed by atoms with van der Waals surface area (Å²) in [5.74, 6) is -0.484. The number of carboxylic acids is 1. The van der Waals surface area contributed by atoms with Crippen LogP contribution in [0.3, 0.4) is 0 Å². The zero-order valence-corrected chi connectivity index (χ0v) is 20.8. The van der Waals surface area contributed by atoms with E-state index in [1.807, 2.05) is 30.3 Å². The van der Waals surface area contributed by atoms with Crippen LogP contribution in [0, 0.1) is 5.92 Å². The number of aliphatic imine (C=N–C) groups is 1. The van der Waals surface area contributed by atoms with Gasteiger partial charge in [0.15, 0.2) is 0 Å². The fraction of sp³-hybridized carbons (Fsp3) is 0.188. The highest BCUT2D eigenvalue weighted by Crippen LogP contribution is 2.45. The zero-order chi connectivity index (χ0) is 26.0. The summed E-state index contributed by atoms with van der Waals surface area (Å²) in [6.45, 7) is 0.331. The molecule has 0 heterocycles. The van der Waals surface area contributed by atoms with E-state index >= 15 is 0 Å². The van der Waals surface area contributed by atoms with Crippen molar-refractivity contribution >= 4 is 35.0 Å². The number of aliphatic carboxylic acids is 1. The Bertz CT molecular complexity index is 1310. The number of hydrogen-bond donors (Lipinski definition) is 3. The molecular formula is C32H32N2O3. The first-order valence-corrected chi connectivity index (χ1v) is 12.5. The average Bonchev–Trinajstić information content (AvgIpc) is 2.90. The van der Waals surface area contributed by atoms with E-state index in [2.05, 4.69) is 53.5 Å². The van der Waals surface area contributed by atoms with E-state index in [0.717, 1.165) is 46.7 Å². The summed E-state index contributed by atoms with van der Waals surface area (Å²) >= 11 is 0. The second-order valence-corrected chi connectivity index (χ2v) is 9.03. The first-order valence-electron chi connectivity index (χ1n) is 12.5. The molecule has 1 saturated carbocycles. The Morgan fingerprint density at radius 2 is 1.51 bits per heavy atom. The Labute approximate surface area is 218 Å². The van der Waals surface area contributed by atoms with E-state index in [9.17, 15) is 4.79 Å². The van der Waals surface area contributed by atoms with Gasteiger partial charge in [-0.1, -0.05) is 85.3 Å². The molecule has 1 aliphatic rings. The summed E-state index contributed by atoms with van der Waals surface area (Å²) in [4.78, 5) is 15.2. The maximum atomic E-state index is 10.9. The van der Waals surface area contributed by atoms with Crippen LogP contribution in [0.1, 0.15) is 47.1 Å². The van der Waals surface area contributed by atoms with Crippen molar-refractivity contribution in [1.82, 2.24) is 0 Å². The first kappa shape index (κ1) is 25.9. The molecule has 37 heavy (non-hydrogen) atoms. The number of allylic oxidation sites excluding steroid dienone is 2. The SMILES string of the molecule is NC=C(C=NCCO)c1ccc(/C(=C(/c2ccccc2)C2CCC2)c2ccc(/C=C/C(=O)O)cc2)cc1. The summed E-state index contributed by atoms with van der Waals surface area (Å²) in [6, 6.07) is 26.9. The molecule has 1 fully saturated rings. The number of aliphatic hydroxyl groups excluding tert-OH is 1. The Kier molecular flexibility index (Phi) is 8.84. The van der Waals surface area contributed by atoms with Gasteiger partial charge in [-0.2, -0.15) is 0 Å². The number of nitrogens with two attached hydrogens (primary N) is 1. The number of rotatable bonds is 10. The van der Waals surface area contributed by atoms with Crippen LogP contribution < -0.4 is 5.73 Å². The van der Waals surface area contributed by atoms with Crippen LogP contribution in [0.5, 0.6) is 0 Å². The van der Waals surface area contributed by atoms with Gasteiger partial charge >= 0.3 is 5.97 Å². The molecule has 1 aliphatic carbocycles. The third-order valence-corrected chi connectivity index (χ3v) is 6.63. The van der Waals surface area contributed by atoms with E-state index in [1.165, 1.54) is 29.3 Å². The van der Waals surface area contributed by atoms with Crippen molar-refractivity contribution in [3.63, 3.8) is 0 Å². The van der Waals surface area contributed by atoms with Crippen molar-refractivity contribution in [1.29, 1.82) is 0 Å². The summed E-state index contributed by atoms with van der Waals surface area (Å²) in [5, 5.41) is 18.0. The molecule has 5 heteroatoms. The van der Waals surface area contributed by atoms with Crippen molar-refractivity contribution in [2.75, 3.05) is 13.2 Å². The summed E-state index contributed by atoms with van der Waals surface area (Å²) < 4.78 is 0. The van der Waals surface area contributed by atoms with Crippen molar-refractivity contribution < 1.29 is 15.0 Å². The molecule has 3 aromatic carbocycles. The van der Waals surface area contributed by atoms with Crippen LogP contribution in [0.2, 0.25) is 0 Å². The molecular weight excluding hydrogens is 460 g/mol. The largest absolute Gasteiger partial charge is 0.478 e. The van der Waals surface area contributed by atoms with Gasteiger partial charge in [-0.05, 0) is 63.8 Å². The van der Waals surface area contributed by atoms with Gasteiger partial charge in [-0.15, -0.1) is 0 Å². The van der Waals surface area contributed by atoms with Crippen molar-refractivity contribution in [2.45, 2.75) is 19.3 Å². The van der Waals surface area contributed by atoms with E-state index in [0.29, 0.717) is 12.5 Å².